The first-order valence-corrected chi connectivity index (χ1v) is 5.55. The molecule has 1 aromatic rings. The second-order valence-corrected chi connectivity index (χ2v) is 4.19. The number of amides is 1. The van der Waals surface area contributed by atoms with Crippen LogP contribution in [0.3, 0.4) is 0 Å². The Hall–Kier alpha value is -1.29. The molecule has 1 N–H and O–H groups in total. The predicted molar refractivity (Wildman–Crippen MR) is 63.2 cm³/mol. The lowest BCUT2D eigenvalue weighted by Crippen LogP contribution is -2.37. The van der Waals surface area contributed by atoms with Gasteiger partial charge in [0.1, 0.15) is 5.76 Å². The Morgan fingerprint density at radius 1 is 1.56 bits per heavy atom. The molecule has 0 saturated heterocycles. The highest BCUT2D eigenvalue weighted by molar-refractivity contribution is 5.77. The summed E-state index contributed by atoms with van der Waals surface area (Å²) in [6.45, 7) is 2.47. The van der Waals surface area contributed by atoms with Crippen LogP contribution in [0.25, 0.3) is 0 Å². The molecule has 1 rings (SSSR count). The molecule has 4 heteroatoms. The molecule has 1 heterocycles. The summed E-state index contributed by atoms with van der Waals surface area (Å²) < 4.78 is 5.24. The molecule has 0 aliphatic carbocycles. The molecule has 0 spiro atoms. The van der Waals surface area contributed by atoms with Crippen LogP contribution in [0, 0.1) is 0 Å². The van der Waals surface area contributed by atoms with Crippen LogP contribution in [0.4, 0.5) is 0 Å². The number of hydrogen-bond acceptors (Lipinski definition) is 3. The lowest BCUT2D eigenvalue weighted by atomic mass is 10.1. The van der Waals surface area contributed by atoms with Crippen molar-refractivity contribution in [2.75, 3.05) is 20.6 Å². The molecular formula is C12H20N2O2. The van der Waals surface area contributed by atoms with Gasteiger partial charge in [-0.05, 0) is 25.5 Å². The number of aryl methyl sites for hydroxylation is 1. The summed E-state index contributed by atoms with van der Waals surface area (Å²) in [5.74, 6) is 1.09. The summed E-state index contributed by atoms with van der Waals surface area (Å²) >= 11 is 0. The summed E-state index contributed by atoms with van der Waals surface area (Å²) in [4.78, 5) is 12.9. The lowest BCUT2D eigenvalue weighted by molar-refractivity contribution is -0.127. The van der Waals surface area contributed by atoms with Crippen LogP contribution < -0.4 is 5.32 Å². The van der Waals surface area contributed by atoms with Crippen LogP contribution in [-0.4, -0.2) is 37.5 Å². The van der Waals surface area contributed by atoms with Crippen molar-refractivity contribution >= 4 is 5.91 Å². The Morgan fingerprint density at radius 2 is 2.31 bits per heavy atom. The third-order valence-corrected chi connectivity index (χ3v) is 2.50. The first-order chi connectivity index (χ1) is 7.59. The SMILES string of the molecule is CC(CCc1ccco1)NCC(=O)N(C)C. The van der Waals surface area contributed by atoms with Crippen LogP contribution in [0.5, 0.6) is 0 Å². The molecule has 16 heavy (non-hydrogen) atoms. The zero-order valence-corrected chi connectivity index (χ0v) is 10.2. The predicted octanol–water partition coefficient (Wildman–Crippen LogP) is 1.28. The van der Waals surface area contributed by atoms with E-state index in [0.717, 1.165) is 18.6 Å². The number of carbonyl (C=O) groups is 1. The highest BCUT2D eigenvalue weighted by Gasteiger charge is 2.07. The van der Waals surface area contributed by atoms with E-state index >= 15 is 0 Å². The first kappa shape index (κ1) is 12.8. The third-order valence-electron chi connectivity index (χ3n) is 2.50. The van der Waals surface area contributed by atoms with Gasteiger partial charge in [0, 0.05) is 26.6 Å². The number of carbonyl (C=O) groups excluding carboxylic acids is 1. The Kier molecular flexibility index (Phi) is 5.05. The fraction of sp³-hybridized carbons (Fsp3) is 0.583. The highest BCUT2D eigenvalue weighted by Crippen LogP contribution is 2.05. The van der Waals surface area contributed by atoms with Crippen molar-refractivity contribution in [1.82, 2.24) is 10.2 Å². The van der Waals surface area contributed by atoms with Gasteiger partial charge in [-0.25, -0.2) is 0 Å². The molecule has 90 valence electrons. The van der Waals surface area contributed by atoms with E-state index in [4.69, 9.17) is 4.42 Å². The number of rotatable bonds is 6. The second-order valence-electron chi connectivity index (χ2n) is 4.19. The molecule has 1 amide bonds. The first-order valence-electron chi connectivity index (χ1n) is 5.55. The molecule has 0 aromatic carbocycles. The van der Waals surface area contributed by atoms with E-state index in [9.17, 15) is 4.79 Å². The zero-order chi connectivity index (χ0) is 12.0. The molecule has 1 atom stereocenters. The minimum Gasteiger partial charge on any atom is -0.469 e. The van der Waals surface area contributed by atoms with Crippen molar-refractivity contribution in [1.29, 1.82) is 0 Å². The van der Waals surface area contributed by atoms with Gasteiger partial charge >= 0.3 is 0 Å². The summed E-state index contributed by atoms with van der Waals surface area (Å²) in [6, 6.07) is 4.18. The molecule has 1 unspecified atom stereocenters. The third kappa shape index (κ3) is 4.49. The molecular weight excluding hydrogens is 204 g/mol. The van der Waals surface area contributed by atoms with Crippen LogP contribution in [0.2, 0.25) is 0 Å². The lowest BCUT2D eigenvalue weighted by Gasteiger charge is -2.15. The fourth-order valence-electron chi connectivity index (χ4n) is 1.34. The maximum Gasteiger partial charge on any atom is 0.236 e. The van der Waals surface area contributed by atoms with E-state index in [-0.39, 0.29) is 5.91 Å². The van der Waals surface area contributed by atoms with Gasteiger partial charge in [-0.1, -0.05) is 0 Å². The number of likely N-dealkylation sites (N-methyl/N-ethyl adjacent to an activating group) is 1. The van der Waals surface area contributed by atoms with Crippen LogP contribution in [-0.2, 0) is 11.2 Å². The summed E-state index contributed by atoms with van der Waals surface area (Å²) in [7, 11) is 3.52. The Morgan fingerprint density at radius 3 is 2.88 bits per heavy atom. The average Bonchev–Trinajstić information content (AvgIpc) is 2.75. The summed E-state index contributed by atoms with van der Waals surface area (Å²) in [6.07, 6.45) is 3.55. The van der Waals surface area contributed by atoms with E-state index in [1.165, 1.54) is 0 Å². The van der Waals surface area contributed by atoms with Crippen LogP contribution in [0.1, 0.15) is 19.1 Å². The van der Waals surface area contributed by atoms with Crippen molar-refractivity contribution in [3.8, 4) is 0 Å². The Bertz CT molecular complexity index is 307. The van der Waals surface area contributed by atoms with Crippen molar-refractivity contribution in [3.05, 3.63) is 24.2 Å². The monoisotopic (exact) mass is 224 g/mol. The fourth-order valence-corrected chi connectivity index (χ4v) is 1.34. The summed E-state index contributed by atoms with van der Waals surface area (Å²) in [5.41, 5.74) is 0. The van der Waals surface area contributed by atoms with E-state index in [1.807, 2.05) is 12.1 Å². The minimum atomic E-state index is 0.102. The van der Waals surface area contributed by atoms with Gasteiger partial charge in [-0.3, -0.25) is 4.79 Å². The largest absolute Gasteiger partial charge is 0.469 e. The average molecular weight is 224 g/mol. The topological polar surface area (TPSA) is 45.5 Å². The van der Waals surface area contributed by atoms with E-state index in [1.54, 1.807) is 25.3 Å². The molecule has 0 bridgehead atoms. The van der Waals surface area contributed by atoms with Crippen molar-refractivity contribution in [2.24, 2.45) is 0 Å². The maximum atomic E-state index is 11.3. The van der Waals surface area contributed by atoms with Crippen LogP contribution >= 0.6 is 0 Å². The minimum absolute atomic E-state index is 0.102. The van der Waals surface area contributed by atoms with E-state index < -0.39 is 0 Å². The van der Waals surface area contributed by atoms with E-state index in [0.29, 0.717) is 12.6 Å². The van der Waals surface area contributed by atoms with Crippen molar-refractivity contribution < 1.29 is 9.21 Å². The van der Waals surface area contributed by atoms with Gasteiger partial charge in [0.2, 0.25) is 5.91 Å². The number of hydrogen-bond donors (Lipinski definition) is 1. The molecule has 0 radical (unpaired) electrons. The number of nitrogens with one attached hydrogen (secondary N) is 1. The van der Waals surface area contributed by atoms with Crippen molar-refractivity contribution in [3.63, 3.8) is 0 Å². The normalized spacial score (nSPS) is 12.4. The molecule has 0 aliphatic rings. The Balaban J connectivity index is 2.16. The highest BCUT2D eigenvalue weighted by atomic mass is 16.3. The summed E-state index contributed by atoms with van der Waals surface area (Å²) in [5, 5.41) is 3.19. The molecule has 4 nitrogen and oxygen atoms in total. The van der Waals surface area contributed by atoms with Gasteiger partial charge in [-0.15, -0.1) is 0 Å². The van der Waals surface area contributed by atoms with E-state index in [2.05, 4.69) is 12.2 Å². The van der Waals surface area contributed by atoms with Gasteiger partial charge in [0.05, 0.1) is 12.8 Å². The Labute approximate surface area is 96.6 Å². The quantitative estimate of drug-likeness (QED) is 0.791. The van der Waals surface area contributed by atoms with Gasteiger partial charge in [0.15, 0.2) is 0 Å². The molecule has 1 aromatic heterocycles. The van der Waals surface area contributed by atoms with Crippen molar-refractivity contribution in [2.45, 2.75) is 25.8 Å². The van der Waals surface area contributed by atoms with Gasteiger partial charge < -0.3 is 14.6 Å². The number of furan rings is 1. The smallest absolute Gasteiger partial charge is 0.236 e. The number of nitrogens with zero attached hydrogens (tertiary/aromatic N) is 1. The second kappa shape index (κ2) is 6.33. The molecule has 0 aliphatic heterocycles. The van der Waals surface area contributed by atoms with Gasteiger partial charge in [0.25, 0.3) is 0 Å². The molecule has 0 fully saturated rings. The zero-order valence-electron chi connectivity index (χ0n) is 10.2. The molecule has 0 saturated carbocycles. The standard InChI is InChI=1S/C12H20N2O2/c1-10(13-9-12(15)14(2)3)6-7-11-5-4-8-16-11/h4-5,8,10,13H,6-7,9H2,1-3H3. The van der Waals surface area contributed by atoms with Gasteiger partial charge in [-0.2, -0.15) is 0 Å². The maximum absolute atomic E-state index is 11.3. The van der Waals surface area contributed by atoms with Crippen LogP contribution in [0.15, 0.2) is 22.8 Å².